The maximum Gasteiger partial charge on any atom is 0.243 e. The van der Waals surface area contributed by atoms with Crippen molar-refractivity contribution in [2.45, 2.75) is 78.9 Å². The van der Waals surface area contributed by atoms with Crippen molar-refractivity contribution in [3.05, 3.63) is 47.8 Å². The lowest BCUT2D eigenvalue weighted by Gasteiger charge is -2.26. The Morgan fingerprint density at radius 1 is 1.12 bits per heavy atom. The maximum atomic E-state index is 13.4. The van der Waals surface area contributed by atoms with E-state index in [4.69, 9.17) is 0 Å². The minimum atomic E-state index is -0.775. The van der Waals surface area contributed by atoms with Crippen LogP contribution in [0.5, 0.6) is 0 Å². The summed E-state index contributed by atoms with van der Waals surface area (Å²) in [4.78, 5) is 53.9. The lowest BCUT2D eigenvalue weighted by atomic mass is 9.83. The Morgan fingerprint density at radius 3 is 2.48 bits per heavy atom. The van der Waals surface area contributed by atoms with E-state index in [1.807, 2.05) is 44.2 Å². The number of amides is 4. The number of aromatic nitrogens is 3. The second kappa shape index (κ2) is 14.0. The first-order valence-electron chi connectivity index (χ1n) is 14.0. The van der Waals surface area contributed by atoms with Crippen LogP contribution in [0.2, 0.25) is 0 Å². The molecule has 11 nitrogen and oxygen atoms in total. The van der Waals surface area contributed by atoms with Crippen molar-refractivity contribution in [3.63, 3.8) is 0 Å². The maximum absolute atomic E-state index is 13.4. The Balaban J connectivity index is 1.62. The minimum absolute atomic E-state index is 0.0428. The molecule has 4 atom stereocenters. The van der Waals surface area contributed by atoms with E-state index in [2.05, 4.69) is 52.1 Å². The van der Waals surface area contributed by atoms with Crippen LogP contribution in [-0.2, 0) is 32.1 Å². The third-order valence-electron chi connectivity index (χ3n) is 7.26. The number of benzene rings is 1. The van der Waals surface area contributed by atoms with Crippen LogP contribution >= 0.6 is 0 Å². The Bertz CT molecular complexity index is 1130. The summed E-state index contributed by atoms with van der Waals surface area (Å²) in [6.07, 6.45) is 3.84. The zero-order valence-electron chi connectivity index (χ0n) is 24.2. The molecule has 1 unspecified atom stereocenters. The van der Waals surface area contributed by atoms with Gasteiger partial charge in [0.15, 0.2) is 0 Å². The fourth-order valence-corrected chi connectivity index (χ4v) is 5.15. The van der Waals surface area contributed by atoms with Crippen molar-refractivity contribution in [1.29, 1.82) is 0 Å². The van der Waals surface area contributed by atoms with Gasteiger partial charge >= 0.3 is 0 Å². The van der Waals surface area contributed by atoms with Gasteiger partial charge in [-0.1, -0.05) is 76.6 Å². The number of hydrogen-bond donors (Lipinski definition) is 4. The molecule has 3 rings (SSSR count). The molecule has 2 aromatic rings. The molecule has 1 aliphatic heterocycles. The lowest BCUT2D eigenvalue weighted by Crippen LogP contribution is -2.53. The normalized spacial score (nSPS) is 18.6. The van der Waals surface area contributed by atoms with Crippen LogP contribution in [-0.4, -0.2) is 69.1 Å². The monoisotopic (exact) mass is 553 g/mol. The summed E-state index contributed by atoms with van der Waals surface area (Å²) in [7, 11) is 0. The molecule has 0 saturated carbocycles. The summed E-state index contributed by atoms with van der Waals surface area (Å²) < 4.78 is 0. The fourth-order valence-electron chi connectivity index (χ4n) is 5.15. The number of likely N-dealkylation sites (tertiary alicyclic amines) is 1. The molecule has 0 aliphatic carbocycles. The zero-order valence-corrected chi connectivity index (χ0v) is 24.2. The molecule has 218 valence electrons. The Labute approximate surface area is 236 Å². The van der Waals surface area contributed by atoms with Gasteiger partial charge in [-0.2, -0.15) is 0 Å². The molecular weight excluding hydrogens is 510 g/mol. The highest BCUT2D eigenvalue weighted by atomic mass is 16.2. The van der Waals surface area contributed by atoms with E-state index >= 15 is 0 Å². The second-order valence-electron chi connectivity index (χ2n) is 11.9. The molecule has 0 spiro atoms. The van der Waals surface area contributed by atoms with Gasteiger partial charge in [-0.05, 0) is 35.7 Å². The molecule has 1 aromatic carbocycles. The van der Waals surface area contributed by atoms with Crippen molar-refractivity contribution in [1.82, 2.24) is 36.3 Å². The fraction of sp³-hybridized carbons (Fsp3) is 0.586. The molecule has 1 saturated heterocycles. The summed E-state index contributed by atoms with van der Waals surface area (Å²) >= 11 is 0. The summed E-state index contributed by atoms with van der Waals surface area (Å²) in [5, 5.41) is 18.6. The van der Waals surface area contributed by atoms with E-state index in [0.717, 1.165) is 12.0 Å². The zero-order chi connectivity index (χ0) is 29.3. The number of nitrogens with zero attached hydrogens (tertiary/aromatic N) is 3. The highest BCUT2D eigenvalue weighted by Crippen LogP contribution is 2.33. The quantitative estimate of drug-likeness (QED) is 0.316. The van der Waals surface area contributed by atoms with E-state index in [1.165, 1.54) is 0 Å². The standard InChI is InChI=1S/C29H43N7O4/c1-6-19(2)26(33-24(37)13-20-10-8-7-9-11-20)28(40)31-17-25(38)36-18-21(14-29(3,4)5)12-23(36)27(39)30-15-22-16-32-35-34-22/h7-11,16,19,21,23,26H,6,12-15,17-18H2,1-5H3,(H,30,39)(H,31,40)(H,33,37)(H,32,34,35)/t19-,21-,23?,26-/m0/s1. The van der Waals surface area contributed by atoms with Crippen LogP contribution in [0.15, 0.2) is 36.5 Å². The summed E-state index contributed by atoms with van der Waals surface area (Å²) in [5.41, 5.74) is 1.49. The lowest BCUT2D eigenvalue weighted by molar-refractivity contribution is -0.139. The molecule has 1 fully saturated rings. The smallest absolute Gasteiger partial charge is 0.243 e. The van der Waals surface area contributed by atoms with Gasteiger partial charge in [0, 0.05) is 12.7 Å². The van der Waals surface area contributed by atoms with Crippen LogP contribution in [0.4, 0.5) is 0 Å². The third-order valence-corrected chi connectivity index (χ3v) is 7.26. The molecule has 40 heavy (non-hydrogen) atoms. The molecule has 2 heterocycles. The van der Waals surface area contributed by atoms with Gasteiger partial charge in [0.25, 0.3) is 0 Å². The SMILES string of the molecule is CC[C@H](C)[C@H](NC(=O)Cc1ccccc1)C(=O)NCC(=O)N1C[C@H](CC(C)(C)C)CC1C(=O)NCc1c[nH]nn1. The predicted octanol–water partition coefficient (Wildman–Crippen LogP) is 1.96. The minimum Gasteiger partial charge on any atom is -0.349 e. The first-order chi connectivity index (χ1) is 19.0. The summed E-state index contributed by atoms with van der Waals surface area (Å²) in [6.45, 7) is 10.6. The van der Waals surface area contributed by atoms with E-state index in [9.17, 15) is 19.2 Å². The summed E-state index contributed by atoms with van der Waals surface area (Å²) in [6, 6.07) is 7.90. The Hall–Kier alpha value is -3.76. The largest absolute Gasteiger partial charge is 0.349 e. The van der Waals surface area contributed by atoms with Crippen LogP contribution in [0.1, 0.15) is 65.1 Å². The number of aromatic amines is 1. The number of H-pyrrole nitrogens is 1. The Kier molecular flexibility index (Phi) is 10.8. The molecule has 4 N–H and O–H groups in total. The van der Waals surface area contributed by atoms with Gasteiger partial charge in [0.1, 0.15) is 17.8 Å². The highest BCUT2D eigenvalue weighted by molar-refractivity contribution is 5.93. The molecular formula is C29H43N7O4. The van der Waals surface area contributed by atoms with Crippen molar-refractivity contribution in [2.24, 2.45) is 17.3 Å². The van der Waals surface area contributed by atoms with E-state index in [1.54, 1.807) is 11.1 Å². The highest BCUT2D eigenvalue weighted by Gasteiger charge is 2.40. The van der Waals surface area contributed by atoms with Crippen LogP contribution in [0.3, 0.4) is 0 Å². The second-order valence-corrected chi connectivity index (χ2v) is 11.9. The first kappa shape index (κ1) is 30.8. The molecule has 0 bridgehead atoms. The molecule has 1 aliphatic rings. The van der Waals surface area contributed by atoms with E-state index < -0.39 is 18.0 Å². The first-order valence-corrected chi connectivity index (χ1v) is 14.0. The molecule has 1 aromatic heterocycles. The number of nitrogens with one attached hydrogen (secondary N) is 4. The van der Waals surface area contributed by atoms with Crippen LogP contribution < -0.4 is 16.0 Å². The van der Waals surface area contributed by atoms with Gasteiger partial charge in [-0.25, -0.2) is 0 Å². The van der Waals surface area contributed by atoms with Crippen molar-refractivity contribution in [2.75, 3.05) is 13.1 Å². The number of hydrogen-bond acceptors (Lipinski definition) is 6. The van der Waals surface area contributed by atoms with Crippen LogP contribution in [0.25, 0.3) is 0 Å². The van der Waals surface area contributed by atoms with Crippen molar-refractivity contribution >= 4 is 23.6 Å². The van der Waals surface area contributed by atoms with Crippen LogP contribution in [0, 0.1) is 17.3 Å². The van der Waals surface area contributed by atoms with Gasteiger partial charge < -0.3 is 20.9 Å². The van der Waals surface area contributed by atoms with Gasteiger partial charge in [-0.15, -0.1) is 5.10 Å². The van der Waals surface area contributed by atoms with Gasteiger partial charge in [0.2, 0.25) is 23.6 Å². The van der Waals surface area contributed by atoms with Gasteiger partial charge in [0.05, 0.1) is 19.5 Å². The molecule has 0 radical (unpaired) electrons. The molecule has 11 heteroatoms. The van der Waals surface area contributed by atoms with E-state index in [-0.39, 0.29) is 54.5 Å². The number of rotatable bonds is 12. The number of carbonyl (C=O) groups is 4. The van der Waals surface area contributed by atoms with E-state index in [0.29, 0.717) is 25.1 Å². The number of carbonyl (C=O) groups excluding carboxylic acids is 4. The average molecular weight is 554 g/mol. The van der Waals surface area contributed by atoms with Gasteiger partial charge in [-0.3, -0.25) is 24.3 Å². The average Bonchev–Trinajstić information content (AvgIpc) is 3.58. The predicted molar refractivity (Wildman–Crippen MR) is 150 cm³/mol. The van der Waals surface area contributed by atoms with Crippen molar-refractivity contribution < 1.29 is 19.2 Å². The Morgan fingerprint density at radius 2 is 1.85 bits per heavy atom. The topological polar surface area (TPSA) is 149 Å². The van der Waals surface area contributed by atoms with Crippen molar-refractivity contribution in [3.8, 4) is 0 Å². The summed E-state index contributed by atoms with van der Waals surface area (Å²) in [5.74, 6) is -1.23. The molecule has 4 amide bonds. The third kappa shape index (κ3) is 9.17.